The minimum atomic E-state index is 0.274. The van der Waals surface area contributed by atoms with Crippen LogP contribution in [0.1, 0.15) is 58.9 Å². The number of rotatable bonds is 6. The van der Waals surface area contributed by atoms with Crippen LogP contribution in [0.2, 0.25) is 0 Å². The van der Waals surface area contributed by atoms with Crippen molar-refractivity contribution >= 4 is 0 Å². The van der Waals surface area contributed by atoms with E-state index in [-0.39, 0.29) is 11.1 Å². The van der Waals surface area contributed by atoms with Gasteiger partial charge in [-0.15, -0.1) is 0 Å². The molecule has 1 aliphatic rings. The predicted octanol–water partition coefficient (Wildman–Crippen LogP) is 3.60. The lowest BCUT2D eigenvalue weighted by Crippen LogP contribution is -2.69. The molecule has 1 saturated heterocycles. The Kier molecular flexibility index (Phi) is 5.39. The maximum absolute atomic E-state index is 4.28. The second-order valence-electron chi connectivity index (χ2n) is 6.49. The molecule has 0 spiro atoms. The van der Waals surface area contributed by atoms with E-state index in [1.54, 1.807) is 0 Å². The highest BCUT2D eigenvalue weighted by Gasteiger charge is 2.43. The normalized spacial score (nSPS) is 21.3. The number of hydrogen-bond donors (Lipinski definition) is 1. The summed E-state index contributed by atoms with van der Waals surface area (Å²) in [6, 6.07) is 4.24. The lowest BCUT2D eigenvalue weighted by Gasteiger charge is -2.54. The quantitative estimate of drug-likeness (QED) is 0.867. The Hall–Kier alpha value is -0.930. The van der Waals surface area contributed by atoms with E-state index in [0.29, 0.717) is 0 Å². The molecule has 3 nitrogen and oxygen atoms in total. The zero-order valence-electron chi connectivity index (χ0n) is 14.2. The average Bonchev–Trinajstić information content (AvgIpc) is 2.56. The van der Waals surface area contributed by atoms with E-state index >= 15 is 0 Å². The summed E-state index contributed by atoms with van der Waals surface area (Å²) in [5.41, 5.74) is 1.88. The number of piperazine rings is 1. The Bertz CT molecular complexity index is 421. The van der Waals surface area contributed by atoms with Gasteiger partial charge in [0.15, 0.2) is 0 Å². The summed E-state index contributed by atoms with van der Waals surface area (Å²) < 4.78 is 0. The van der Waals surface area contributed by atoms with Crippen molar-refractivity contribution in [3.8, 4) is 0 Å². The van der Waals surface area contributed by atoms with Gasteiger partial charge in [0.2, 0.25) is 0 Å². The summed E-state index contributed by atoms with van der Waals surface area (Å²) in [4.78, 5) is 7.00. The Morgan fingerprint density at radius 2 is 1.86 bits per heavy atom. The fraction of sp³-hybridized carbons (Fsp3) is 0.722. The zero-order chi connectivity index (χ0) is 15.3. The maximum atomic E-state index is 4.28. The van der Waals surface area contributed by atoms with E-state index < -0.39 is 0 Å². The van der Waals surface area contributed by atoms with Gasteiger partial charge in [-0.2, -0.15) is 0 Å². The van der Waals surface area contributed by atoms with Crippen molar-refractivity contribution in [1.29, 1.82) is 0 Å². The topological polar surface area (TPSA) is 28.2 Å². The third-order valence-corrected chi connectivity index (χ3v) is 5.72. The van der Waals surface area contributed by atoms with Crippen molar-refractivity contribution in [3.05, 3.63) is 30.1 Å². The standard InChI is InChI=1S/C18H31N3/c1-5-17(6-2)15-21(13-16-10-9-11-19-12-16)18(7-3,8-4)14-20-17/h9-12,20H,5-8,13-15H2,1-4H3. The molecule has 1 aromatic rings. The summed E-state index contributed by atoms with van der Waals surface area (Å²) in [5, 5.41) is 3.88. The highest BCUT2D eigenvalue weighted by Crippen LogP contribution is 2.34. The molecule has 2 rings (SSSR count). The third-order valence-electron chi connectivity index (χ3n) is 5.72. The van der Waals surface area contributed by atoms with Crippen molar-refractivity contribution in [3.63, 3.8) is 0 Å². The van der Waals surface area contributed by atoms with E-state index in [1.165, 1.54) is 31.2 Å². The molecule has 118 valence electrons. The third kappa shape index (κ3) is 3.29. The first kappa shape index (κ1) is 16.4. The molecule has 3 heteroatoms. The Morgan fingerprint density at radius 3 is 2.38 bits per heavy atom. The Balaban J connectivity index is 2.24. The van der Waals surface area contributed by atoms with Gasteiger partial charge in [0, 0.05) is 43.1 Å². The van der Waals surface area contributed by atoms with Crippen LogP contribution in [0.15, 0.2) is 24.5 Å². The first-order chi connectivity index (χ1) is 10.1. The molecule has 21 heavy (non-hydrogen) atoms. The average molecular weight is 289 g/mol. The summed E-state index contributed by atoms with van der Waals surface area (Å²) >= 11 is 0. The maximum Gasteiger partial charge on any atom is 0.0333 e. The minimum Gasteiger partial charge on any atom is -0.308 e. The van der Waals surface area contributed by atoms with E-state index in [9.17, 15) is 0 Å². The van der Waals surface area contributed by atoms with Gasteiger partial charge in [-0.25, -0.2) is 0 Å². The highest BCUT2D eigenvalue weighted by molar-refractivity contribution is 5.12. The van der Waals surface area contributed by atoms with Crippen LogP contribution in [-0.2, 0) is 6.54 Å². The van der Waals surface area contributed by atoms with Gasteiger partial charge in [0.25, 0.3) is 0 Å². The molecule has 0 aromatic carbocycles. The van der Waals surface area contributed by atoms with Crippen LogP contribution >= 0.6 is 0 Å². The molecule has 1 aliphatic heterocycles. The summed E-state index contributed by atoms with van der Waals surface area (Å²) in [7, 11) is 0. The van der Waals surface area contributed by atoms with Gasteiger partial charge in [-0.05, 0) is 37.3 Å². The first-order valence-electron chi connectivity index (χ1n) is 8.52. The van der Waals surface area contributed by atoms with Crippen molar-refractivity contribution in [1.82, 2.24) is 15.2 Å². The zero-order valence-corrected chi connectivity index (χ0v) is 14.2. The van der Waals surface area contributed by atoms with Crippen molar-refractivity contribution in [2.24, 2.45) is 0 Å². The van der Waals surface area contributed by atoms with Crippen LogP contribution in [0.25, 0.3) is 0 Å². The number of nitrogens with one attached hydrogen (secondary N) is 1. The summed E-state index contributed by atoms with van der Waals surface area (Å²) in [5.74, 6) is 0. The van der Waals surface area contributed by atoms with Crippen molar-refractivity contribution in [2.45, 2.75) is 71.0 Å². The number of nitrogens with zero attached hydrogens (tertiary/aromatic N) is 2. The van der Waals surface area contributed by atoms with Gasteiger partial charge in [-0.1, -0.05) is 33.8 Å². The van der Waals surface area contributed by atoms with Crippen LogP contribution < -0.4 is 5.32 Å². The van der Waals surface area contributed by atoms with E-state index in [0.717, 1.165) is 19.6 Å². The van der Waals surface area contributed by atoms with Crippen LogP contribution in [0.4, 0.5) is 0 Å². The van der Waals surface area contributed by atoms with Crippen LogP contribution in [0.5, 0.6) is 0 Å². The molecule has 0 atom stereocenters. The molecule has 1 aromatic heterocycles. The Labute approximate surface area is 130 Å². The molecule has 0 bridgehead atoms. The molecule has 2 heterocycles. The molecule has 0 saturated carbocycles. The molecule has 0 amide bonds. The molecular weight excluding hydrogens is 258 g/mol. The van der Waals surface area contributed by atoms with Gasteiger partial charge in [-0.3, -0.25) is 9.88 Å². The van der Waals surface area contributed by atoms with Gasteiger partial charge < -0.3 is 5.32 Å². The molecule has 1 fully saturated rings. The lowest BCUT2D eigenvalue weighted by molar-refractivity contribution is -0.0111. The van der Waals surface area contributed by atoms with Gasteiger partial charge in [0.05, 0.1) is 0 Å². The fourth-order valence-electron chi connectivity index (χ4n) is 3.66. The van der Waals surface area contributed by atoms with Crippen LogP contribution in [0.3, 0.4) is 0 Å². The lowest BCUT2D eigenvalue weighted by atomic mass is 9.80. The number of hydrogen-bond acceptors (Lipinski definition) is 3. The van der Waals surface area contributed by atoms with Gasteiger partial charge in [0.1, 0.15) is 0 Å². The number of aromatic nitrogens is 1. The van der Waals surface area contributed by atoms with Crippen LogP contribution in [-0.4, -0.2) is 34.1 Å². The van der Waals surface area contributed by atoms with Gasteiger partial charge >= 0.3 is 0 Å². The minimum absolute atomic E-state index is 0.274. The van der Waals surface area contributed by atoms with E-state index in [4.69, 9.17) is 0 Å². The highest BCUT2D eigenvalue weighted by atomic mass is 15.3. The second kappa shape index (κ2) is 6.89. The second-order valence-corrected chi connectivity index (χ2v) is 6.49. The molecule has 1 N–H and O–H groups in total. The molecule has 0 radical (unpaired) electrons. The van der Waals surface area contributed by atoms with Crippen molar-refractivity contribution in [2.75, 3.05) is 13.1 Å². The van der Waals surface area contributed by atoms with E-state index in [1.807, 2.05) is 18.5 Å². The number of pyridine rings is 1. The Morgan fingerprint density at radius 1 is 1.14 bits per heavy atom. The SMILES string of the molecule is CCC1(CC)CN(Cc2cccnc2)C(CC)(CC)CN1. The predicted molar refractivity (Wildman–Crippen MR) is 89.3 cm³/mol. The monoisotopic (exact) mass is 289 g/mol. The van der Waals surface area contributed by atoms with Crippen molar-refractivity contribution < 1.29 is 0 Å². The van der Waals surface area contributed by atoms with E-state index in [2.05, 4.69) is 49.0 Å². The molecule has 0 unspecified atom stereocenters. The largest absolute Gasteiger partial charge is 0.308 e. The molecule has 0 aliphatic carbocycles. The summed E-state index contributed by atoms with van der Waals surface area (Å²) in [6.45, 7) is 12.5. The fourth-order valence-corrected chi connectivity index (χ4v) is 3.66. The first-order valence-corrected chi connectivity index (χ1v) is 8.52. The summed E-state index contributed by atoms with van der Waals surface area (Å²) in [6.07, 6.45) is 8.64. The smallest absolute Gasteiger partial charge is 0.0333 e. The van der Waals surface area contributed by atoms with Crippen LogP contribution in [0, 0.1) is 0 Å². The molecular formula is C18H31N3.